The van der Waals surface area contributed by atoms with Crippen LogP contribution in [0.1, 0.15) is 24.8 Å². The van der Waals surface area contributed by atoms with Gasteiger partial charge in [-0.2, -0.15) is 0 Å². The second kappa shape index (κ2) is 4.98. The Hall–Kier alpha value is -0.860. The van der Waals surface area contributed by atoms with Crippen molar-refractivity contribution in [1.82, 2.24) is 0 Å². The molecule has 0 aromatic heterocycles. The highest BCUT2D eigenvalue weighted by Crippen LogP contribution is 2.43. The number of benzene rings is 1. The van der Waals surface area contributed by atoms with E-state index >= 15 is 0 Å². The predicted octanol–water partition coefficient (Wildman–Crippen LogP) is 2.33. The van der Waals surface area contributed by atoms with Crippen LogP contribution in [0.25, 0.3) is 0 Å². The third-order valence-corrected chi connectivity index (χ3v) is 4.00. The van der Waals surface area contributed by atoms with Gasteiger partial charge in [0.25, 0.3) is 0 Å². The van der Waals surface area contributed by atoms with Crippen molar-refractivity contribution in [3.63, 3.8) is 0 Å². The first-order valence-corrected chi connectivity index (χ1v) is 6.08. The van der Waals surface area contributed by atoms with Crippen LogP contribution in [0.3, 0.4) is 0 Å². The third kappa shape index (κ3) is 1.87. The minimum Gasteiger partial charge on any atom is -0.384 e. The summed E-state index contributed by atoms with van der Waals surface area (Å²) in [6.07, 6.45) is 3.91. The lowest BCUT2D eigenvalue weighted by Gasteiger charge is -2.45. The van der Waals surface area contributed by atoms with Crippen LogP contribution in [0, 0.1) is 5.92 Å². The average molecular weight is 219 g/mol. The summed E-state index contributed by atoms with van der Waals surface area (Å²) in [4.78, 5) is 0. The Morgan fingerprint density at radius 1 is 1.31 bits per heavy atom. The van der Waals surface area contributed by atoms with Crippen molar-refractivity contribution in [3.8, 4) is 0 Å². The standard InChI is InChI=1S/C14H21NO/c1-16-11-14(10-15,13-8-5-9-13)12-6-3-2-4-7-12/h2-4,6-7,13H,5,8-11,15H2,1H3. The molecule has 1 aromatic rings. The van der Waals surface area contributed by atoms with E-state index < -0.39 is 0 Å². The van der Waals surface area contributed by atoms with Crippen molar-refractivity contribution >= 4 is 0 Å². The van der Waals surface area contributed by atoms with Gasteiger partial charge in [-0.25, -0.2) is 0 Å². The van der Waals surface area contributed by atoms with Crippen molar-refractivity contribution in [1.29, 1.82) is 0 Å². The van der Waals surface area contributed by atoms with Gasteiger partial charge in [0.05, 0.1) is 6.61 Å². The molecule has 2 rings (SSSR count). The van der Waals surface area contributed by atoms with Gasteiger partial charge in [0.15, 0.2) is 0 Å². The Labute approximate surface area is 97.8 Å². The van der Waals surface area contributed by atoms with Crippen LogP contribution in [0.5, 0.6) is 0 Å². The fourth-order valence-electron chi connectivity index (χ4n) is 2.77. The molecule has 0 saturated heterocycles. The number of methoxy groups -OCH3 is 1. The van der Waals surface area contributed by atoms with Gasteiger partial charge in [0, 0.05) is 19.1 Å². The summed E-state index contributed by atoms with van der Waals surface area (Å²) >= 11 is 0. The molecule has 1 unspecified atom stereocenters. The Morgan fingerprint density at radius 2 is 2.00 bits per heavy atom. The summed E-state index contributed by atoms with van der Waals surface area (Å²) in [6, 6.07) is 10.6. The SMILES string of the molecule is COCC(CN)(c1ccccc1)C1CCC1. The van der Waals surface area contributed by atoms with E-state index in [2.05, 4.69) is 30.3 Å². The largest absolute Gasteiger partial charge is 0.384 e. The molecular weight excluding hydrogens is 198 g/mol. The van der Waals surface area contributed by atoms with Gasteiger partial charge in [-0.1, -0.05) is 36.8 Å². The molecule has 0 radical (unpaired) electrons. The number of rotatable bonds is 5. The monoisotopic (exact) mass is 219 g/mol. The zero-order chi connectivity index (χ0) is 11.4. The van der Waals surface area contributed by atoms with E-state index in [1.807, 2.05) is 0 Å². The van der Waals surface area contributed by atoms with Gasteiger partial charge in [-0.15, -0.1) is 0 Å². The fraction of sp³-hybridized carbons (Fsp3) is 0.571. The molecule has 1 atom stereocenters. The van der Waals surface area contributed by atoms with Gasteiger partial charge >= 0.3 is 0 Å². The van der Waals surface area contributed by atoms with Gasteiger partial charge in [0.1, 0.15) is 0 Å². The quantitative estimate of drug-likeness (QED) is 0.825. The Balaban J connectivity index is 2.31. The zero-order valence-corrected chi connectivity index (χ0v) is 9.99. The molecule has 0 heterocycles. The Morgan fingerprint density at radius 3 is 2.44 bits per heavy atom. The van der Waals surface area contributed by atoms with E-state index in [0.29, 0.717) is 12.5 Å². The molecule has 2 N–H and O–H groups in total. The Bertz CT molecular complexity index is 321. The van der Waals surface area contributed by atoms with Crippen molar-refractivity contribution in [2.45, 2.75) is 24.7 Å². The van der Waals surface area contributed by atoms with Gasteiger partial charge in [0.2, 0.25) is 0 Å². The number of nitrogens with two attached hydrogens (primary N) is 1. The van der Waals surface area contributed by atoms with E-state index in [9.17, 15) is 0 Å². The van der Waals surface area contributed by atoms with Gasteiger partial charge in [-0.05, 0) is 24.3 Å². The highest BCUT2D eigenvalue weighted by atomic mass is 16.5. The molecule has 1 fully saturated rings. The third-order valence-electron chi connectivity index (χ3n) is 4.00. The molecule has 0 amide bonds. The fourth-order valence-corrected chi connectivity index (χ4v) is 2.77. The average Bonchev–Trinajstić information content (AvgIpc) is 2.27. The van der Waals surface area contributed by atoms with Crippen molar-refractivity contribution < 1.29 is 4.74 Å². The normalized spacial score (nSPS) is 20.1. The summed E-state index contributed by atoms with van der Waals surface area (Å²) in [5, 5.41) is 0. The molecule has 1 aliphatic rings. The molecule has 0 aliphatic heterocycles. The maximum absolute atomic E-state index is 6.06. The smallest absolute Gasteiger partial charge is 0.0574 e. The molecule has 1 aliphatic carbocycles. The second-order valence-electron chi connectivity index (χ2n) is 4.79. The first kappa shape index (κ1) is 11.6. The molecule has 88 valence electrons. The van der Waals surface area contributed by atoms with Crippen molar-refractivity contribution in [2.75, 3.05) is 20.3 Å². The van der Waals surface area contributed by atoms with Crippen LogP contribution in [-0.4, -0.2) is 20.3 Å². The van der Waals surface area contributed by atoms with Crippen molar-refractivity contribution in [3.05, 3.63) is 35.9 Å². The molecular formula is C14H21NO. The maximum atomic E-state index is 6.06. The van der Waals surface area contributed by atoms with Crippen LogP contribution >= 0.6 is 0 Å². The van der Waals surface area contributed by atoms with E-state index in [1.165, 1.54) is 24.8 Å². The molecule has 2 heteroatoms. The molecule has 1 aromatic carbocycles. The van der Waals surface area contributed by atoms with E-state index in [4.69, 9.17) is 10.5 Å². The predicted molar refractivity (Wildman–Crippen MR) is 66.4 cm³/mol. The van der Waals surface area contributed by atoms with Gasteiger partial charge < -0.3 is 10.5 Å². The lowest BCUT2D eigenvalue weighted by molar-refractivity contribution is 0.0614. The van der Waals surface area contributed by atoms with Crippen LogP contribution in [0.4, 0.5) is 0 Å². The highest BCUT2D eigenvalue weighted by molar-refractivity contribution is 5.28. The van der Waals surface area contributed by atoms with Crippen LogP contribution in [0.2, 0.25) is 0 Å². The summed E-state index contributed by atoms with van der Waals surface area (Å²) in [6.45, 7) is 1.41. The van der Waals surface area contributed by atoms with Crippen LogP contribution < -0.4 is 5.73 Å². The number of hydrogen-bond donors (Lipinski definition) is 1. The van der Waals surface area contributed by atoms with Crippen LogP contribution in [-0.2, 0) is 10.2 Å². The summed E-state index contributed by atoms with van der Waals surface area (Å²) in [5.74, 6) is 0.694. The first-order valence-electron chi connectivity index (χ1n) is 6.08. The summed E-state index contributed by atoms with van der Waals surface area (Å²) < 4.78 is 5.43. The second-order valence-corrected chi connectivity index (χ2v) is 4.79. The molecule has 1 saturated carbocycles. The van der Waals surface area contributed by atoms with Crippen molar-refractivity contribution in [2.24, 2.45) is 11.7 Å². The summed E-state index contributed by atoms with van der Waals surface area (Å²) in [5.41, 5.74) is 7.43. The maximum Gasteiger partial charge on any atom is 0.0574 e. The van der Waals surface area contributed by atoms with E-state index in [1.54, 1.807) is 7.11 Å². The van der Waals surface area contributed by atoms with Crippen LogP contribution in [0.15, 0.2) is 30.3 Å². The molecule has 0 bridgehead atoms. The molecule has 16 heavy (non-hydrogen) atoms. The summed E-state index contributed by atoms with van der Waals surface area (Å²) in [7, 11) is 1.77. The zero-order valence-electron chi connectivity index (χ0n) is 9.99. The Kier molecular flexibility index (Phi) is 3.62. The first-order chi connectivity index (χ1) is 7.83. The number of ether oxygens (including phenoxy) is 1. The van der Waals surface area contributed by atoms with Gasteiger partial charge in [-0.3, -0.25) is 0 Å². The molecule has 0 spiro atoms. The highest BCUT2D eigenvalue weighted by Gasteiger charge is 2.42. The minimum absolute atomic E-state index is 0.0360. The minimum atomic E-state index is 0.0360. The number of hydrogen-bond acceptors (Lipinski definition) is 2. The lowest BCUT2D eigenvalue weighted by atomic mass is 9.62. The topological polar surface area (TPSA) is 35.2 Å². The van der Waals surface area contributed by atoms with E-state index in [0.717, 1.165) is 6.61 Å². The van der Waals surface area contributed by atoms with E-state index in [-0.39, 0.29) is 5.41 Å². The lowest BCUT2D eigenvalue weighted by Crippen LogP contribution is -2.48. The molecule has 2 nitrogen and oxygen atoms in total.